The first-order chi connectivity index (χ1) is 3.42. The topological polar surface area (TPSA) is 52.2 Å². The van der Waals surface area contributed by atoms with Crippen molar-refractivity contribution in [1.29, 1.82) is 0 Å². The van der Waals surface area contributed by atoms with E-state index in [9.17, 15) is 9.90 Å². The molecule has 0 aliphatic carbocycles. The predicted octanol–water partition coefficient (Wildman–Crippen LogP) is 0.0713. The molecule has 0 radical (unpaired) electrons. The van der Waals surface area contributed by atoms with Crippen molar-refractivity contribution >= 4 is 45.5 Å². The van der Waals surface area contributed by atoms with Crippen molar-refractivity contribution in [3.63, 3.8) is 0 Å². The van der Waals surface area contributed by atoms with E-state index in [4.69, 9.17) is 33.2 Å². The third-order valence-corrected chi connectivity index (χ3v) is 1.58. The Morgan fingerprint density at radius 3 is 1.88 bits per heavy atom. The summed E-state index contributed by atoms with van der Waals surface area (Å²) in [6.45, 7) is 0. The van der Waals surface area contributed by atoms with E-state index in [0.717, 1.165) is 0 Å². The van der Waals surface area contributed by atoms with Crippen LogP contribution in [0.25, 0.3) is 0 Å². The molecule has 3 nitrogen and oxygen atoms in total. The fourth-order valence-electron chi connectivity index (χ4n) is 0.116. The van der Waals surface area contributed by atoms with Crippen LogP contribution in [0.1, 0.15) is 0 Å². The van der Waals surface area contributed by atoms with E-state index < -0.39 is 12.3 Å². The van der Waals surface area contributed by atoms with E-state index in [1.165, 1.54) is 0 Å². The maximum Gasteiger partial charge on any atom is 0.453 e. The zero-order chi connectivity index (χ0) is 6.78. The van der Waals surface area contributed by atoms with Gasteiger partial charge in [-0.2, -0.15) is 0 Å². The molecule has 0 aliphatic rings. The van der Waals surface area contributed by atoms with E-state index >= 15 is 0 Å². The first-order valence-electron chi connectivity index (χ1n) is 1.48. The number of carboxylic acid groups (broad SMARTS) is 1. The van der Waals surface area contributed by atoms with Crippen molar-refractivity contribution in [2.75, 3.05) is 0 Å². The molecule has 0 spiro atoms. The van der Waals surface area contributed by atoms with Gasteiger partial charge in [-0.1, -0.05) is 0 Å². The second kappa shape index (κ2) is 2.77. The van der Waals surface area contributed by atoms with Crippen molar-refractivity contribution in [1.82, 2.24) is 4.98 Å². The number of hydrogen-bond donors (Lipinski definition) is 1. The monoisotopic (exact) mass is 192 g/mol. The van der Waals surface area contributed by atoms with Crippen LogP contribution in [0.4, 0.5) is 4.79 Å². The average Bonchev–Trinajstić information content (AvgIpc) is 1.21. The minimum atomic E-state index is -3.22. The van der Waals surface area contributed by atoms with Gasteiger partial charge in [0.2, 0.25) is 0 Å². The number of carbonyl (C=O) groups is 1. The molecule has 1 N–H and O–H groups in total. The van der Waals surface area contributed by atoms with Crippen LogP contribution in [-0.2, 0) is 0 Å². The van der Waals surface area contributed by atoms with E-state index in [1.54, 1.807) is 4.98 Å². The van der Waals surface area contributed by atoms with Crippen molar-refractivity contribution < 1.29 is 9.90 Å². The molecule has 1 amide bonds. The summed E-state index contributed by atoms with van der Waals surface area (Å²) in [5, 5.41) is 9.57. The lowest BCUT2D eigenvalue weighted by Crippen LogP contribution is -2.47. The van der Waals surface area contributed by atoms with E-state index in [0.29, 0.717) is 0 Å². The molecule has 0 saturated heterocycles. The highest BCUT2D eigenvalue weighted by Crippen LogP contribution is 2.14. The van der Waals surface area contributed by atoms with Crippen LogP contribution >= 0.6 is 33.2 Å². The first-order valence-corrected chi connectivity index (χ1v) is 6.51. The van der Waals surface area contributed by atoms with Crippen LogP contribution in [0.2, 0.25) is 0 Å². The number of carbonyl (C=O) groups excluding carboxylic acids is 1. The summed E-state index contributed by atoms with van der Waals surface area (Å²) in [6.07, 6.45) is -4.77. The summed E-state index contributed by atoms with van der Waals surface area (Å²) in [7, 11) is 0. The molecule has 0 unspecified atom stereocenters. The summed E-state index contributed by atoms with van der Waals surface area (Å²) >= 11 is 15.2. The minimum Gasteiger partial charge on any atom is -0.530 e. The normalized spacial score (nSPS) is 10.9. The Hall–Kier alpha value is 0.357. The van der Waals surface area contributed by atoms with Gasteiger partial charge in [0.25, 0.3) is 0 Å². The largest absolute Gasteiger partial charge is 0.530 e. The van der Waals surface area contributed by atoms with Gasteiger partial charge in [0.15, 0.2) is 0 Å². The molecule has 0 aromatic heterocycles. The molecule has 0 aliphatic heterocycles. The highest BCUT2D eigenvalue weighted by molar-refractivity contribution is 7.64. The Kier molecular flexibility index (Phi) is 2.90. The van der Waals surface area contributed by atoms with Gasteiger partial charge < -0.3 is 14.9 Å². The Morgan fingerprint density at radius 1 is 1.50 bits per heavy atom. The second-order valence-corrected chi connectivity index (χ2v) is 9.00. The minimum absolute atomic E-state index is 1.56. The lowest BCUT2D eigenvalue weighted by atomic mass is 11.3. The van der Waals surface area contributed by atoms with Gasteiger partial charge in [0, 0.05) is 0 Å². The molecule has 0 fully saturated rings. The molecule has 0 atom stereocenters. The first kappa shape index (κ1) is 8.36. The van der Waals surface area contributed by atoms with Gasteiger partial charge in [-0.3, -0.25) is 0 Å². The molecule has 0 aromatic rings. The SMILES string of the molecule is O=C([O-])N[Si](Cl)(Cl)Cl. The summed E-state index contributed by atoms with van der Waals surface area (Å²) in [5.41, 5.74) is 0. The van der Waals surface area contributed by atoms with Gasteiger partial charge in [0.05, 0.1) is 0 Å². The smallest absolute Gasteiger partial charge is 0.453 e. The zero-order valence-corrected chi connectivity index (χ0v) is 6.72. The van der Waals surface area contributed by atoms with E-state index in [2.05, 4.69) is 0 Å². The molecule has 7 heteroatoms. The fourth-order valence-corrected chi connectivity index (χ4v) is 1.04. The van der Waals surface area contributed by atoms with Crippen molar-refractivity contribution in [3.8, 4) is 0 Å². The van der Waals surface area contributed by atoms with Gasteiger partial charge in [0.1, 0.15) is 6.09 Å². The van der Waals surface area contributed by atoms with Gasteiger partial charge in [-0.15, -0.1) is 33.2 Å². The summed E-state index contributed by atoms with van der Waals surface area (Å²) in [6, 6.07) is 0. The van der Waals surface area contributed by atoms with Crippen LogP contribution in [-0.4, -0.2) is 12.3 Å². The van der Waals surface area contributed by atoms with Crippen LogP contribution in [0, 0.1) is 0 Å². The quantitative estimate of drug-likeness (QED) is 0.473. The predicted molar refractivity (Wildman–Crippen MR) is 31.8 cm³/mol. The highest BCUT2D eigenvalue weighted by Gasteiger charge is 2.24. The van der Waals surface area contributed by atoms with Crippen molar-refractivity contribution in [2.24, 2.45) is 0 Å². The van der Waals surface area contributed by atoms with Crippen LogP contribution in [0.5, 0.6) is 0 Å². The standard InChI is InChI=1S/CH2Cl3NO2Si/c2-8(3,4)5-1(6)7/h5H,(H,6,7)/p-1. The zero-order valence-electron chi connectivity index (χ0n) is 3.45. The maximum atomic E-state index is 9.57. The molecular weight excluding hydrogens is 192 g/mol. The highest BCUT2D eigenvalue weighted by atomic mass is 35.8. The molecule has 8 heavy (non-hydrogen) atoms. The van der Waals surface area contributed by atoms with Crippen LogP contribution in [0.15, 0.2) is 0 Å². The Labute approximate surface area is 60.7 Å². The lowest BCUT2D eigenvalue weighted by Gasteiger charge is -2.10. The van der Waals surface area contributed by atoms with E-state index in [-0.39, 0.29) is 0 Å². The van der Waals surface area contributed by atoms with Crippen molar-refractivity contribution in [3.05, 3.63) is 0 Å². The van der Waals surface area contributed by atoms with Gasteiger partial charge in [-0.25, -0.2) is 0 Å². The molecule has 0 heterocycles. The average molecular weight is 193 g/mol. The molecule has 0 saturated carbocycles. The Balaban J connectivity index is 3.55. The number of halogens is 3. The molecule has 0 rings (SSSR count). The molecule has 0 bridgehead atoms. The Morgan fingerprint density at radius 2 is 1.88 bits per heavy atom. The number of nitrogens with one attached hydrogen (secondary N) is 1. The number of amides is 1. The number of rotatable bonds is 1. The lowest BCUT2D eigenvalue weighted by molar-refractivity contribution is -0.248. The van der Waals surface area contributed by atoms with Crippen LogP contribution < -0.4 is 10.1 Å². The summed E-state index contributed by atoms with van der Waals surface area (Å²) in [5.74, 6) is 0. The second-order valence-electron chi connectivity index (χ2n) is 0.910. The maximum absolute atomic E-state index is 9.57. The molecule has 48 valence electrons. The van der Waals surface area contributed by atoms with Crippen LogP contribution in [0.3, 0.4) is 0 Å². The summed E-state index contributed by atoms with van der Waals surface area (Å²) in [4.78, 5) is 11.2. The Bertz CT molecular complexity index is 99.9. The third-order valence-electron chi connectivity index (χ3n) is 0.244. The van der Waals surface area contributed by atoms with Gasteiger partial charge in [-0.05, 0) is 0 Å². The summed E-state index contributed by atoms with van der Waals surface area (Å²) < 4.78 is 0. The molecular formula is CHCl3NO2Si-. The number of hydrogen-bond acceptors (Lipinski definition) is 2. The van der Waals surface area contributed by atoms with Gasteiger partial charge >= 0.3 is 6.16 Å². The fraction of sp³-hybridized carbons (Fsp3) is 0. The third kappa shape index (κ3) is 6.36. The van der Waals surface area contributed by atoms with Crippen molar-refractivity contribution in [2.45, 2.75) is 0 Å². The van der Waals surface area contributed by atoms with E-state index in [1.807, 2.05) is 0 Å². The molecule has 0 aromatic carbocycles.